The van der Waals surface area contributed by atoms with Crippen molar-refractivity contribution in [1.29, 1.82) is 0 Å². The molecule has 626 valence electrons. The van der Waals surface area contributed by atoms with Crippen LogP contribution < -0.4 is 15.5 Å². The van der Waals surface area contributed by atoms with Crippen LogP contribution >= 0.6 is 136 Å². The lowest BCUT2D eigenvalue weighted by molar-refractivity contribution is -0.884. The number of quaternary nitrogens is 1. The predicted molar refractivity (Wildman–Crippen MR) is 464 cm³/mol. The molecule has 0 amide bonds. The van der Waals surface area contributed by atoms with Gasteiger partial charge in [0.2, 0.25) is 0 Å². The third-order valence-electron chi connectivity index (χ3n) is 14.3. The van der Waals surface area contributed by atoms with Crippen molar-refractivity contribution in [2.24, 2.45) is 11.8 Å². The first-order valence-electron chi connectivity index (χ1n) is 33.1. The number of hydrogen-bond acceptors (Lipinski definition) is 16. The first kappa shape index (κ1) is 104. The molecular weight excluding hydrogens is 2280 g/mol. The Hall–Kier alpha value is -5.99. The van der Waals surface area contributed by atoms with E-state index >= 15 is 0 Å². The average Bonchev–Trinajstić information content (AvgIpc) is 0.811. The second kappa shape index (κ2) is 48.5. The van der Waals surface area contributed by atoms with E-state index in [9.17, 15) is 91.3 Å². The van der Waals surface area contributed by atoms with Crippen LogP contribution in [0, 0.1) is 33.3 Å². The summed E-state index contributed by atoms with van der Waals surface area (Å²) in [6.45, 7) is 3.27. The van der Waals surface area contributed by atoms with Crippen LogP contribution in [0.15, 0.2) is 254 Å². The highest BCUT2D eigenvalue weighted by atomic mass is 127. The largest absolute Gasteiger partial charge is 0.707 e. The van der Waals surface area contributed by atoms with E-state index in [1.54, 1.807) is 36.4 Å². The number of alkyl halides is 10. The van der Waals surface area contributed by atoms with Crippen molar-refractivity contribution >= 4 is 203 Å². The SMILES string of the molecule is C.CC(C)C(OC(=O)c1cc(I)cc(I)c1I)C(F)(F)C(=O)[O-].CC(C)C(OC(=O)c1cc(I)cc(I)c1I)C(F)(F)C(=O)[O-].CS(=O)(=O)O[O-].C[N+](C)(C)Cc1ccccc1.O=C(OCC(F)(F)F)c1ccccc1[S+](c1ccccc1)c1ccccc1.O=C(OCC(F)(F)F)c1ccccc1[S+](c1ccccc1)c1ccccc1. The van der Waals surface area contributed by atoms with Crippen molar-refractivity contribution in [3.05, 3.63) is 274 Å². The highest BCUT2D eigenvalue weighted by Crippen LogP contribution is 2.37. The van der Waals surface area contributed by atoms with Crippen molar-refractivity contribution in [3.8, 4) is 0 Å². The van der Waals surface area contributed by atoms with Crippen LogP contribution in [0.1, 0.15) is 82.1 Å². The summed E-state index contributed by atoms with van der Waals surface area (Å²) in [6, 6.07) is 68.7. The van der Waals surface area contributed by atoms with Crippen molar-refractivity contribution < 1.29 is 124 Å². The molecule has 0 aromatic heterocycles. The molecule has 0 saturated carbocycles. The highest BCUT2D eigenvalue weighted by Gasteiger charge is 2.48. The number of carboxylic acid groups (broad SMARTS) is 2. The van der Waals surface area contributed by atoms with Gasteiger partial charge >= 0.3 is 48.1 Å². The molecule has 9 aromatic carbocycles. The van der Waals surface area contributed by atoms with Crippen LogP contribution in [0.4, 0.5) is 43.9 Å². The second-order valence-corrected chi connectivity index (χ2v) is 37.9. The summed E-state index contributed by atoms with van der Waals surface area (Å²) in [7, 11) is 1.58. The van der Waals surface area contributed by atoms with E-state index < -0.39 is 129 Å². The summed E-state index contributed by atoms with van der Waals surface area (Å²) in [5.41, 5.74) is 1.92. The molecule has 0 heterocycles. The Morgan fingerprint density at radius 1 is 0.422 bits per heavy atom. The van der Waals surface area contributed by atoms with Gasteiger partial charge in [-0.15, -0.1) is 0 Å². The highest BCUT2D eigenvalue weighted by molar-refractivity contribution is 14.1. The minimum atomic E-state index is -4.56. The van der Waals surface area contributed by atoms with Gasteiger partial charge in [-0.3, -0.25) is 0 Å². The Morgan fingerprint density at radius 2 is 0.681 bits per heavy atom. The minimum absolute atomic E-state index is 0. The Bertz CT molecular complexity index is 4460. The molecule has 0 radical (unpaired) electrons. The molecule has 36 heteroatoms. The van der Waals surface area contributed by atoms with E-state index in [-0.39, 0.29) is 29.7 Å². The van der Waals surface area contributed by atoms with Gasteiger partial charge in [-0.1, -0.05) is 163 Å². The number of halogens is 16. The molecule has 0 aliphatic heterocycles. The summed E-state index contributed by atoms with van der Waals surface area (Å²) in [5, 5.41) is 30.1. The number of carbonyl (C=O) groups excluding carboxylic acids is 6. The molecule has 0 aliphatic rings. The van der Waals surface area contributed by atoms with Gasteiger partial charge in [0.25, 0.3) is 10.1 Å². The van der Waals surface area contributed by atoms with Crippen molar-refractivity contribution in [3.63, 3.8) is 0 Å². The number of carboxylic acids is 2. The van der Waals surface area contributed by atoms with Crippen molar-refractivity contribution in [2.75, 3.05) is 40.6 Å². The minimum Gasteiger partial charge on any atom is -0.707 e. The molecule has 9 rings (SSSR count). The predicted octanol–water partition coefficient (Wildman–Crippen LogP) is 17.9. The van der Waals surface area contributed by atoms with Gasteiger partial charge in [-0.25, -0.2) is 27.6 Å². The third kappa shape index (κ3) is 35.0. The number of aliphatic carboxylic acids is 2. The van der Waals surface area contributed by atoms with Crippen LogP contribution in [0.2, 0.25) is 0 Å². The smallest absolute Gasteiger partial charge is 0.422 e. The van der Waals surface area contributed by atoms with Crippen LogP contribution in [0.25, 0.3) is 0 Å². The molecule has 17 nitrogen and oxygen atoms in total. The lowest BCUT2D eigenvalue weighted by atomic mass is 10.0. The summed E-state index contributed by atoms with van der Waals surface area (Å²) in [5.74, 6) is -19.4. The van der Waals surface area contributed by atoms with Crippen LogP contribution in [0.3, 0.4) is 0 Å². The number of ether oxygens (including phenoxy) is 4. The van der Waals surface area contributed by atoms with Gasteiger partial charge in [0.05, 0.1) is 38.5 Å². The summed E-state index contributed by atoms with van der Waals surface area (Å²) >= 11 is 11.8. The normalized spacial score (nSPS) is 12.0. The summed E-state index contributed by atoms with van der Waals surface area (Å²) < 4.78 is 175. The molecule has 0 N–H and O–H groups in total. The maximum atomic E-state index is 13.7. The molecule has 0 bridgehead atoms. The van der Waals surface area contributed by atoms with Crippen LogP contribution in [-0.2, 0) is 71.3 Å². The quantitative estimate of drug-likeness (QED) is 0.00664. The first-order valence-corrected chi connectivity index (χ1v) is 43.8. The standard InChI is InChI=1S/2C21H16F3O2S.2C13H11F2I3O4.C10H16N.CH4O4S.CH4/c2*22-21(23,24)15-26-20(25)18-13-7-8-14-19(18)27(16-9-3-1-4-10-16)17-11-5-2-6-12-17;2*1-5(2)10(13(14,15)12(20)21)22-11(19)7-3-6(16)4-8(17)9(7)18;1-11(2,3)9-10-7-5-4-6-8-10;1-6(3,4)5-2;/h2*1-14H,15H2;2*3-5,10H,1-2H3,(H,20,21);4-8H,9H2,1-3H3;2H,1H3;1H4/q2*+1;;;+1;;/p-3. The zero-order valence-corrected chi connectivity index (χ0v) is 76.9. The van der Waals surface area contributed by atoms with Crippen molar-refractivity contribution in [2.45, 2.75) is 107 Å². The van der Waals surface area contributed by atoms with Gasteiger partial charge in [0, 0.05) is 27.0 Å². The molecule has 0 spiro atoms. The number of rotatable bonds is 23. The van der Waals surface area contributed by atoms with Gasteiger partial charge in [-0.2, -0.15) is 43.9 Å². The molecule has 9 aromatic rings. The number of benzene rings is 9. The Kier molecular flexibility index (Phi) is 43.5. The molecule has 0 aliphatic carbocycles. The van der Waals surface area contributed by atoms with E-state index in [1.807, 2.05) is 269 Å². The van der Waals surface area contributed by atoms with Gasteiger partial charge in [-0.05, 0) is 244 Å². The molecule has 0 fully saturated rings. The molecule has 2 atom stereocenters. The van der Waals surface area contributed by atoms with E-state index in [0.717, 1.165) is 44.9 Å². The Balaban J connectivity index is 0.000000375. The molecule has 116 heavy (non-hydrogen) atoms. The lowest BCUT2D eigenvalue weighted by Crippen LogP contribution is -2.53. The van der Waals surface area contributed by atoms with Crippen LogP contribution in [0.5, 0.6) is 0 Å². The average molecular weight is 2350 g/mol. The fraction of sp³-hybridized carbons (Fsp3) is 0.250. The van der Waals surface area contributed by atoms with E-state index in [1.165, 1.54) is 57.5 Å². The van der Waals surface area contributed by atoms with Gasteiger partial charge in [0.15, 0.2) is 54.8 Å². The van der Waals surface area contributed by atoms with E-state index in [4.69, 9.17) is 14.7 Å². The lowest BCUT2D eigenvalue weighted by Gasteiger charge is -2.30. The number of nitrogens with zero attached hydrogens (tertiary/aromatic N) is 1. The molecule has 0 saturated heterocycles. The van der Waals surface area contributed by atoms with Gasteiger partial charge in [0.1, 0.15) is 51.4 Å². The van der Waals surface area contributed by atoms with E-state index in [2.05, 4.69) is 65.3 Å². The number of hydrogen-bond donors (Lipinski definition) is 0. The number of esters is 4. The monoisotopic (exact) mass is 2350 g/mol. The zero-order valence-electron chi connectivity index (χ0n) is 61.5. The first-order chi connectivity index (χ1) is 53.5. The Labute approximate surface area is 752 Å². The molecular formula is C80H75F10I6NO16S3. The van der Waals surface area contributed by atoms with Crippen molar-refractivity contribution in [1.82, 2.24) is 0 Å². The number of carbonyl (C=O) groups is 6. The topological polar surface area (TPSA) is 252 Å². The third-order valence-corrected chi connectivity index (χ3v) is 26.4. The Morgan fingerprint density at radius 3 is 0.922 bits per heavy atom. The van der Waals surface area contributed by atoms with Gasteiger partial charge < -0.3 is 52.8 Å². The van der Waals surface area contributed by atoms with Crippen LogP contribution in [-0.4, -0.2) is 126 Å². The fourth-order valence-corrected chi connectivity index (χ4v) is 18.7. The fourth-order valence-electron chi connectivity index (χ4n) is 9.47. The van der Waals surface area contributed by atoms with E-state index in [0.29, 0.717) is 23.2 Å². The zero-order chi connectivity index (χ0) is 86.6. The second-order valence-electron chi connectivity index (χ2n) is 25.4. The summed E-state index contributed by atoms with van der Waals surface area (Å²) in [6.07, 6.45) is -12.6. The molecule has 2 unspecified atom stereocenters. The maximum Gasteiger partial charge on any atom is 0.422 e. The maximum absolute atomic E-state index is 13.7. The summed E-state index contributed by atoms with van der Waals surface area (Å²) in [4.78, 5) is 75.4.